The molecule has 0 aromatic heterocycles. The van der Waals surface area contributed by atoms with Gasteiger partial charge in [-0.15, -0.1) is 0 Å². The standard InChI is InChI=1S/C18H15Cl2NO2S/c19-17-8-5-13(11-18(17)20)9-10-21-24(22,23)16-7-6-14-3-1-2-4-15(14)12-16/h1-8,11-12,21H,9-10H2. The zero-order valence-corrected chi connectivity index (χ0v) is 15.0. The van der Waals surface area contributed by atoms with Gasteiger partial charge in [0.1, 0.15) is 0 Å². The van der Waals surface area contributed by atoms with E-state index in [0.29, 0.717) is 16.5 Å². The Morgan fingerprint density at radius 1 is 0.833 bits per heavy atom. The molecule has 0 aliphatic carbocycles. The number of hydrogen-bond donors (Lipinski definition) is 1. The molecule has 0 saturated carbocycles. The summed E-state index contributed by atoms with van der Waals surface area (Å²) in [5.74, 6) is 0. The molecular formula is C18H15Cl2NO2S. The molecule has 3 nitrogen and oxygen atoms in total. The van der Waals surface area contributed by atoms with E-state index in [2.05, 4.69) is 4.72 Å². The van der Waals surface area contributed by atoms with E-state index in [4.69, 9.17) is 23.2 Å². The number of nitrogens with one attached hydrogen (secondary N) is 1. The van der Waals surface area contributed by atoms with Gasteiger partial charge in [0.15, 0.2) is 0 Å². The monoisotopic (exact) mass is 379 g/mol. The van der Waals surface area contributed by atoms with Crippen molar-refractivity contribution in [2.24, 2.45) is 0 Å². The first-order valence-corrected chi connectivity index (χ1v) is 9.62. The van der Waals surface area contributed by atoms with Crippen LogP contribution in [0.2, 0.25) is 10.0 Å². The lowest BCUT2D eigenvalue weighted by atomic mass is 10.1. The van der Waals surface area contributed by atoms with Crippen molar-refractivity contribution in [2.75, 3.05) is 6.54 Å². The van der Waals surface area contributed by atoms with Crippen molar-refractivity contribution < 1.29 is 8.42 Å². The minimum absolute atomic E-state index is 0.260. The van der Waals surface area contributed by atoms with Gasteiger partial charge in [0, 0.05) is 6.54 Å². The highest BCUT2D eigenvalue weighted by atomic mass is 35.5. The van der Waals surface area contributed by atoms with Crippen LogP contribution in [0, 0.1) is 0 Å². The van der Waals surface area contributed by atoms with Gasteiger partial charge in [0.2, 0.25) is 10.0 Å². The minimum atomic E-state index is -3.55. The largest absolute Gasteiger partial charge is 0.240 e. The van der Waals surface area contributed by atoms with Crippen molar-refractivity contribution in [3.8, 4) is 0 Å². The second-order valence-corrected chi connectivity index (χ2v) is 7.99. The van der Waals surface area contributed by atoms with Crippen molar-refractivity contribution in [3.63, 3.8) is 0 Å². The Bertz CT molecular complexity index is 987. The molecule has 3 aromatic rings. The van der Waals surface area contributed by atoms with Crippen LogP contribution in [0.15, 0.2) is 65.6 Å². The summed E-state index contributed by atoms with van der Waals surface area (Å²) in [5.41, 5.74) is 0.922. The van der Waals surface area contributed by atoms with E-state index in [-0.39, 0.29) is 11.4 Å². The Morgan fingerprint density at radius 3 is 2.33 bits per heavy atom. The SMILES string of the molecule is O=S(=O)(NCCc1ccc(Cl)c(Cl)c1)c1ccc2ccccc2c1. The Morgan fingerprint density at radius 2 is 1.58 bits per heavy atom. The first-order valence-electron chi connectivity index (χ1n) is 7.38. The molecule has 3 aromatic carbocycles. The molecule has 0 fully saturated rings. The average Bonchev–Trinajstić information content (AvgIpc) is 2.57. The molecule has 0 bridgehead atoms. The van der Waals surface area contributed by atoms with Crippen LogP contribution in [0.1, 0.15) is 5.56 Å². The molecule has 0 heterocycles. The predicted octanol–water partition coefficient (Wildman–Crippen LogP) is 4.67. The van der Waals surface area contributed by atoms with Gasteiger partial charge in [-0.05, 0) is 47.0 Å². The summed E-state index contributed by atoms with van der Waals surface area (Å²) in [4.78, 5) is 0.260. The molecule has 0 atom stereocenters. The minimum Gasteiger partial charge on any atom is -0.211 e. The highest BCUT2D eigenvalue weighted by Gasteiger charge is 2.13. The topological polar surface area (TPSA) is 46.2 Å². The van der Waals surface area contributed by atoms with Gasteiger partial charge < -0.3 is 0 Å². The maximum absolute atomic E-state index is 12.4. The number of fused-ring (bicyclic) bond motifs is 1. The van der Waals surface area contributed by atoms with Gasteiger partial charge in [-0.2, -0.15) is 0 Å². The van der Waals surface area contributed by atoms with E-state index in [0.717, 1.165) is 16.3 Å². The number of halogens is 2. The van der Waals surface area contributed by atoms with Gasteiger partial charge >= 0.3 is 0 Å². The lowest BCUT2D eigenvalue weighted by Crippen LogP contribution is -2.26. The van der Waals surface area contributed by atoms with Crippen LogP contribution in [0.3, 0.4) is 0 Å². The zero-order valence-electron chi connectivity index (χ0n) is 12.7. The van der Waals surface area contributed by atoms with Gasteiger partial charge in [-0.25, -0.2) is 13.1 Å². The molecule has 1 N–H and O–H groups in total. The van der Waals surface area contributed by atoms with Crippen LogP contribution < -0.4 is 4.72 Å². The van der Waals surface area contributed by atoms with Crippen molar-refractivity contribution in [2.45, 2.75) is 11.3 Å². The first kappa shape index (κ1) is 17.2. The maximum Gasteiger partial charge on any atom is 0.240 e. The Kier molecular flexibility index (Phi) is 5.11. The van der Waals surface area contributed by atoms with Crippen LogP contribution in [0.25, 0.3) is 10.8 Å². The molecule has 0 spiro atoms. The molecule has 0 amide bonds. The number of sulfonamides is 1. The number of rotatable bonds is 5. The summed E-state index contributed by atoms with van der Waals surface area (Å²) in [6.07, 6.45) is 0.531. The Balaban J connectivity index is 1.71. The number of benzene rings is 3. The van der Waals surface area contributed by atoms with E-state index in [1.54, 1.807) is 24.3 Å². The highest BCUT2D eigenvalue weighted by Crippen LogP contribution is 2.23. The Hall–Kier alpha value is -1.59. The van der Waals surface area contributed by atoms with Crippen LogP contribution in [0.5, 0.6) is 0 Å². The molecule has 0 saturated heterocycles. The molecule has 24 heavy (non-hydrogen) atoms. The normalized spacial score (nSPS) is 11.8. The third-order valence-corrected chi connectivity index (χ3v) is 5.92. The van der Waals surface area contributed by atoms with Crippen LogP contribution in [-0.2, 0) is 16.4 Å². The van der Waals surface area contributed by atoms with E-state index in [1.807, 2.05) is 36.4 Å². The van der Waals surface area contributed by atoms with E-state index in [9.17, 15) is 8.42 Å². The van der Waals surface area contributed by atoms with Gasteiger partial charge in [0.25, 0.3) is 0 Å². The summed E-state index contributed by atoms with van der Waals surface area (Å²) in [6.45, 7) is 0.285. The van der Waals surface area contributed by atoms with Gasteiger partial charge in [-0.3, -0.25) is 0 Å². The lowest BCUT2D eigenvalue weighted by molar-refractivity contribution is 0.582. The summed E-state index contributed by atoms with van der Waals surface area (Å²) in [6, 6.07) is 18.0. The second-order valence-electron chi connectivity index (χ2n) is 5.41. The van der Waals surface area contributed by atoms with Crippen LogP contribution in [0.4, 0.5) is 0 Å². The smallest absolute Gasteiger partial charge is 0.211 e. The van der Waals surface area contributed by atoms with Crippen LogP contribution >= 0.6 is 23.2 Å². The van der Waals surface area contributed by atoms with E-state index in [1.165, 1.54) is 0 Å². The van der Waals surface area contributed by atoms with Crippen molar-refractivity contribution in [3.05, 3.63) is 76.3 Å². The molecule has 0 aliphatic heterocycles. The fourth-order valence-corrected chi connectivity index (χ4v) is 3.83. The number of hydrogen-bond acceptors (Lipinski definition) is 2. The third kappa shape index (κ3) is 3.90. The zero-order chi connectivity index (χ0) is 17.2. The maximum atomic E-state index is 12.4. The van der Waals surface area contributed by atoms with Gasteiger partial charge in [0.05, 0.1) is 14.9 Å². The fraction of sp³-hybridized carbons (Fsp3) is 0.111. The molecular weight excluding hydrogens is 365 g/mol. The average molecular weight is 380 g/mol. The summed E-state index contributed by atoms with van der Waals surface area (Å²) in [5, 5.41) is 2.85. The van der Waals surface area contributed by atoms with Crippen LogP contribution in [-0.4, -0.2) is 15.0 Å². The third-order valence-electron chi connectivity index (χ3n) is 3.72. The van der Waals surface area contributed by atoms with E-state index >= 15 is 0 Å². The van der Waals surface area contributed by atoms with Gasteiger partial charge in [-0.1, -0.05) is 59.6 Å². The first-order chi connectivity index (χ1) is 11.5. The molecule has 0 radical (unpaired) electrons. The predicted molar refractivity (Wildman–Crippen MR) is 99.3 cm³/mol. The van der Waals surface area contributed by atoms with Crippen molar-refractivity contribution in [1.29, 1.82) is 0 Å². The summed E-state index contributed by atoms with van der Waals surface area (Å²) < 4.78 is 27.5. The highest BCUT2D eigenvalue weighted by molar-refractivity contribution is 7.89. The molecule has 124 valence electrons. The van der Waals surface area contributed by atoms with Crippen molar-refractivity contribution >= 4 is 44.0 Å². The molecule has 0 aliphatic rings. The van der Waals surface area contributed by atoms with Crippen molar-refractivity contribution in [1.82, 2.24) is 4.72 Å². The quantitative estimate of drug-likeness (QED) is 0.699. The molecule has 3 rings (SSSR count). The summed E-state index contributed by atoms with van der Waals surface area (Å²) in [7, 11) is -3.55. The lowest BCUT2D eigenvalue weighted by Gasteiger charge is -2.08. The second kappa shape index (κ2) is 7.11. The molecule has 0 unspecified atom stereocenters. The summed E-state index contributed by atoms with van der Waals surface area (Å²) >= 11 is 11.8. The fourth-order valence-electron chi connectivity index (χ4n) is 2.44. The Labute approximate surface area is 151 Å². The molecule has 6 heteroatoms. The van der Waals surface area contributed by atoms with E-state index < -0.39 is 10.0 Å².